The fourth-order valence-electron chi connectivity index (χ4n) is 1.93. The molecule has 2 rings (SSSR count). The number of halogens is 1. The van der Waals surface area contributed by atoms with E-state index in [1.165, 1.54) is 5.56 Å². The van der Waals surface area contributed by atoms with Crippen LogP contribution < -0.4 is 4.74 Å². The first-order valence-corrected chi connectivity index (χ1v) is 7.24. The Balaban J connectivity index is 2.25. The summed E-state index contributed by atoms with van der Waals surface area (Å²) in [7, 11) is 0. The number of hydrogen-bond acceptors (Lipinski definition) is 2. The van der Waals surface area contributed by atoms with Crippen LogP contribution in [0.5, 0.6) is 11.6 Å². The van der Waals surface area contributed by atoms with Crippen molar-refractivity contribution in [1.29, 1.82) is 0 Å². The molecule has 20 heavy (non-hydrogen) atoms. The smallest absolute Gasteiger partial charge is 0.219 e. The molecule has 0 aliphatic rings. The van der Waals surface area contributed by atoms with E-state index in [2.05, 4.69) is 44.8 Å². The molecule has 106 valence electrons. The standard InChI is InChI=1S/C17H20ClNO/c1-12-10-13(17(2,3)4)8-9-15(12)20-16-7-5-6-14(11-18)19-16/h5-10H,11H2,1-4H3. The highest BCUT2D eigenvalue weighted by atomic mass is 35.5. The zero-order chi connectivity index (χ0) is 14.8. The van der Waals surface area contributed by atoms with Gasteiger partial charge >= 0.3 is 0 Å². The highest BCUT2D eigenvalue weighted by Crippen LogP contribution is 2.29. The number of alkyl halides is 1. The molecule has 0 aliphatic carbocycles. The average Bonchev–Trinajstić information content (AvgIpc) is 2.40. The summed E-state index contributed by atoms with van der Waals surface area (Å²) in [6.07, 6.45) is 0. The van der Waals surface area contributed by atoms with Gasteiger partial charge in [-0.05, 0) is 35.6 Å². The molecule has 0 unspecified atom stereocenters. The van der Waals surface area contributed by atoms with Crippen molar-refractivity contribution in [1.82, 2.24) is 4.98 Å². The zero-order valence-electron chi connectivity index (χ0n) is 12.4. The topological polar surface area (TPSA) is 22.1 Å². The SMILES string of the molecule is Cc1cc(C(C)(C)C)ccc1Oc1cccc(CCl)n1. The molecule has 0 atom stereocenters. The maximum absolute atomic E-state index is 5.85. The van der Waals surface area contributed by atoms with Crippen LogP contribution in [0.4, 0.5) is 0 Å². The second-order valence-corrected chi connectivity index (χ2v) is 6.20. The van der Waals surface area contributed by atoms with Crippen LogP contribution in [0.2, 0.25) is 0 Å². The number of hydrogen-bond donors (Lipinski definition) is 0. The van der Waals surface area contributed by atoms with E-state index in [1.807, 2.05) is 24.3 Å². The van der Waals surface area contributed by atoms with Crippen LogP contribution in [0.15, 0.2) is 36.4 Å². The number of nitrogens with zero attached hydrogens (tertiary/aromatic N) is 1. The summed E-state index contributed by atoms with van der Waals surface area (Å²) >= 11 is 5.79. The molecule has 0 bridgehead atoms. The number of aryl methyl sites for hydroxylation is 1. The number of ether oxygens (including phenoxy) is 1. The van der Waals surface area contributed by atoms with Gasteiger partial charge in [0.15, 0.2) is 0 Å². The molecule has 0 spiro atoms. The lowest BCUT2D eigenvalue weighted by Crippen LogP contribution is -2.11. The monoisotopic (exact) mass is 289 g/mol. The minimum atomic E-state index is 0.139. The number of aromatic nitrogens is 1. The Morgan fingerprint density at radius 1 is 1.15 bits per heavy atom. The van der Waals surface area contributed by atoms with Crippen LogP contribution in [0.25, 0.3) is 0 Å². The quantitative estimate of drug-likeness (QED) is 0.723. The summed E-state index contributed by atoms with van der Waals surface area (Å²) in [6.45, 7) is 8.66. The summed E-state index contributed by atoms with van der Waals surface area (Å²) in [6, 6.07) is 11.9. The molecule has 0 radical (unpaired) electrons. The van der Waals surface area contributed by atoms with Gasteiger partial charge in [0.1, 0.15) is 5.75 Å². The van der Waals surface area contributed by atoms with Crippen LogP contribution in [0.1, 0.15) is 37.6 Å². The van der Waals surface area contributed by atoms with Gasteiger partial charge in [-0.2, -0.15) is 0 Å². The second-order valence-electron chi connectivity index (χ2n) is 5.93. The molecule has 1 aromatic carbocycles. The third-order valence-corrected chi connectivity index (χ3v) is 3.45. The predicted molar refractivity (Wildman–Crippen MR) is 83.7 cm³/mol. The molecule has 2 aromatic rings. The number of pyridine rings is 1. The average molecular weight is 290 g/mol. The van der Waals surface area contributed by atoms with Crippen molar-refractivity contribution in [2.45, 2.75) is 39.0 Å². The maximum atomic E-state index is 5.85. The van der Waals surface area contributed by atoms with Crippen LogP contribution in [0, 0.1) is 6.92 Å². The Kier molecular flexibility index (Phi) is 4.34. The first kappa shape index (κ1) is 14.9. The summed E-state index contributed by atoms with van der Waals surface area (Å²) in [5, 5.41) is 0. The minimum absolute atomic E-state index is 0.139. The van der Waals surface area contributed by atoms with Crippen molar-refractivity contribution < 1.29 is 4.74 Å². The summed E-state index contributed by atoms with van der Waals surface area (Å²) in [5.74, 6) is 1.80. The van der Waals surface area contributed by atoms with Gasteiger partial charge in [0.05, 0.1) is 11.6 Å². The summed E-state index contributed by atoms with van der Waals surface area (Å²) in [5.41, 5.74) is 3.36. The van der Waals surface area contributed by atoms with Gasteiger partial charge < -0.3 is 4.74 Å². The van der Waals surface area contributed by atoms with Gasteiger partial charge in [-0.3, -0.25) is 0 Å². The van der Waals surface area contributed by atoms with E-state index in [4.69, 9.17) is 16.3 Å². The molecule has 0 saturated heterocycles. The highest BCUT2D eigenvalue weighted by Gasteiger charge is 2.15. The van der Waals surface area contributed by atoms with Gasteiger partial charge in [0.25, 0.3) is 0 Å². The highest BCUT2D eigenvalue weighted by molar-refractivity contribution is 6.16. The van der Waals surface area contributed by atoms with Crippen molar-refractivity contribution in [2.24, 2.45) is 0 Å². The van der Waals surface area contributed by atoms with Crippen LogP contribution in [-0.4, -0.2) is 4.98 Å². The Hall–Kier alpha value is -1.54. The Morgan fingerprint density at radius 2 is 1.90 bits per heavy atom. The van der Waals surface area contributed by atoms with E-state index < -0.39 is 0 Å². The lowest BCUT2D eigenvalue weighted by Gasteiger charge is -2.20. The van der Waals surface area contributed by atoms with E-state index in [0.717, 1.165) is 17.0 Å². The maximum Gasteiger partial charge on any atom is 0.219 e. The molecule has 1 heterocycles. The van der Waals surface area contributed by atoms with Gasteiger partial charge in [-0.15, -0.1) is 11.6 Å². The summed E-state index contributed by atoms with van der Waals surface area (Å²) < 4.78 is 5.85. The van der Waals surface area contributed by atoms with Gasteiger partial charge in [-0.1, -0.05) is 39.0 Å². The van der Waals surface area contributed by atoms with Crippen molar-refractivity contribution in [3.05, 3.63) is 53.2 Å². The van der Waals surface area contributed by atoms with Crippen LogP contribution in [-0.2, 0) is 11.3 Å². The molecule has 0 amide bonds. The first-order valence-electron chi connectivity index (χ1n) is 6.71. The molecule has 2 nitrogen and oxygen atoms in total. The summed E-state index contributed by atoms with van der Waals surface area (Å²) in [4.78, 5) is 4.34. The molecule has 0 fully saturated rings. The van der Waals surface area contributed by atoms with E-state index in [-0.39, 0.29) is 5.41 Å². The Labute approximate surface area is 125 Å². The van der Waals surface area contributed by atoms with Gasteiger partial charge in [0, 0.05) is 6.07 Å². The van der Waals surface area contributed by atoms with Crippen molar-refractivity contribution in [2.75, 3.05) is 0 Å². The van der Waals surface area contributed by atoms with E-state index in [0.29, 0.717) is 11.8 Å². The largest absolute Gasteiger partial charge is 0.439 e. The molecule has 0 N–H and O–H groups in total. The molecular formula is C17H20ClNO. The van der Waals surface area contributed by atoms with Gasteiger partial charge in [0.2, 0.25) is 5.88 Å². The Morgan fingerprint density at radius 3 is 2.50 bits per heavy atom. The van der Waals surface area contributed by atoms with Crippen LogP contribution in [0.3, 0.4) is 0 Å². The minimum Gasteiger partial charge on any atom is -0.439 e. The molecule has 0 saturated carbocycles. The molecule has 3 heteroatoms. The van der Waals surface area contributed by atoms with Crippen LogP contribution >= 0.6 is 11.6 Å². The predicted octanol–water partition coefficient (Wildman–Crippen LogP) is 5.22. The normalized spacial score (nSPS) is 11.4. The third kappa shape index (κ3) is 3.51. The van der Waals surface area contributed by atoms with Crippen molar-refractivity contribution in [3.8, 4) is 11.6 Å². The third-order valence-electron chi connectivity index (χ3n) is 3.17. The molecule has 1 aromatic heterocycles. The number of benzene rings is 1. The van der Waals surface area contributed by atoms with Gasteiger partial charge in [-0.25, -0.2) is 4.98 Å². The first-order chi connectivity index (χ1) is 9.40. The lowest BCUT2D eigenvalue weighted by molar-refractivity contribution is 0.457. The fraction of sp³-hybridized carbons (Fsp3) is 0.353. The lowest BCUT2D eigenvalue weighted by atomic mass is 9.86. The van der Waals surface area contributed by atoms with Crippen molar-refractivity contribution >= 4 is 11.6 Å². The van der Waals surface area contributed by atoms with Crippen molar-refractivity contribution in [3.63, 3.8) is 0 Å². The number of rotatable bonds is 3. The molecular weight excluding hydrogens is 270 g/mol. The zero-order valence-corrected chi connectivity index (χ0v) is 13.2. The van der Waals surface area contributed by atoms with E-state index in [1.54, 1.807) is 0 Å². The fourth-order valence-corrected chi connectivity index (χ4v) is 2.08. The van der Waals surface area contributed by atoms with E-state index in [9.17, 15) is 0 Å². The second kappa shape index (κ2) is 5.84. The Bertz CT molecular complexity index is 602. The van der Waals surface area contributed by atoms with E-state index >= 15 is 0 Å². The molecule has 0 aliphatic heterocycles.